The summed E-state index contributed by atoms with van der Waals surface area (Å²) in [5.41, 5.74) is 6.38. The largest absolute Gasteiger partial charge is 0.383 e. The molecule has 0 unspecified atom stereocenters. The highest BCUT2D eigenvalue weighted by Gasteiger charge is 2.22. The highest BCUT2D eigenvalue weighted by atomic mass is 32.2. The Hall–Kier alpha value is -1.86. The lowest BCUT2D eigenvalue weighted by Crippen LogP contribution is -2.27. The van der Waals surface area contributed by atoms with Crippen molar-refractivity contribution in [2.45, 2.75) is 17.9 Å². The molecule has 7 heteroatoms. The van der Waals surface area contributed by atoms with Crippen molar-refractivity contribution in [1.82, 2.24) is 14.9 Å². The van der Waals surface area contributed by atoms with E-state index in [1.807, 2.05) is 30.3 Å². The zero-order valence-corrected chi connectivity index (χ0v) is 10.6. The second-order valence-electron chi connectivity index (χ2n) is 3.90. The Kier molecular flexibility index (Phi) is 3.35. The van der Waals surface area contributed by atoms with Crippen LogP contribution in [-0.2, 0) is 10.0 Å². The fourth-order valence-corrected chi connectivity index (χ4v) is 2.86. The molecule has 0 aliphatic carbocycles. The van der Waals surface area contributed by atoms with Crippen molar-refractivity contribution < 1.29 is 8.42 Å². The molecule has 1 heterocycles. The highest BCUT2D eigenvalue weighted by Crippen LogP contribution is 2.18. The first-order valence-corrected chi connectivity index (χ1v) is 6.85. The van der Waals surface area contributed by atoms with Gasteiger partial charge in [0.25, 0.3) is 0 Å². The van der Waals surface area contributed by atoms with Gasteiger partial charge in [0, 0.05) is 6.04 Å². The molecule has 1 aromatic carbocycles. The molecule has 0 saturated heterocycles. The Morgan fingerprint density at radius 2 is 2.00 bits per heavy atom. The molecule has 0 aliphatic heterocycles. The van der Waals surface area contributed by atoms with Gasteiger partial charge in [0.2, 0.25) is 10.0 Å². The number of hydrogen-bond donors (Lipinski definition) is 3. The van der Waals surface area contributed by atoms with E-state index >= 15 is 0 Å². The second-order valence-corrected chi connectivity index (χ2v) is 5.58. The monoisotopic (exact) mass is 266 g/mol. The summed E-state index contributed by atoms with van der Waals surface area (Å²) in [5, 5.41) is 6.00. The van der Waals surface area contributed by atoms with Gasteiger partial charge in [-0.2, -0.15) is 5.10 Å². The van der Waals surface area contributed by atoms with E-state index in [1.54, 1.807) is 6.92 Å². The van der Waals surface area contributed by atoms with Crippen LogP contribution in [0.15, 0.2) is 41.4 Å². The minimum Gasteiger partial charge on any atom is -0.383 e. The summed E-state index contributed by atoms with van der Waals surface area (Å²) >= 11 is 0. The second kappa shape index (κ2) is 4.79. The summed E-state index contributed by atoms with van der Waals surface area (Å²) in [7, 11) is -3.66. The first-order valence-electron chi connectivity index (χ1n) is 5.37. The molecule has 1 atom stereocenters. The number of hydrogen-bond acceptors (Lipinski definition) is 4. The number of H-pyrrole nitrogens is 1. The Morgan fingerprint density at radius 3 is 2.56 bits per heavy atom. The Balaban J connectivity index is 2.22. The molecule has 96 valence electrons. The topological polar surface area (TPSA) is 101 Å². The molecule has 0 saturated carbocycles. The first-order chi connectivity index (χ1) is 8.50. The van der Waals surface area contributed by atoms with E-state index in [2.05, 4.69) is 14.9 Å². The lowest BCUT2D eigenvalue weighted by Gasteiger charge is -2.13. The summed E-state index contributed by atoms with van der Waals surface area (Å²) in [5.74, 6) is 0.0303. The summed E-state index contributed by atoms with van der Waals surface area (Å²) in [6, 6.07) is 8.94. The number of sulfonamides is 1. The van der Waals surface area contributed by atoms with E-state index in [-0.39, 0.29) is 16.8 Å². The number of aromatic amines is 1. The number of nitrogens with zero attached hydrogens (tertiary/aromatic N) is 1. The van der Waals surface area contributed by atoms with Crippen LogP contribution in [0.1, 0.15) is 18.5 Å². The van der Waals surface area contributed by atoms with Crippen LogP contribution < -0.4 is 10.5 Å². The number of nitrogens with one attached hydrogen (secondary N) is 2. The summed E-state index contributed by atoms with van der Waals surface area (Å²) in [6.45, 7) is 1.77. The molecule has 0 fully saturated rings. The molecular formula is C11H14N4O2S. The highest BCUT2D eigenvalue weighted by molar-refractivity contribution is 7.89. The summed E-state index contributed by atoms with van der Waals surface area (Å²) in [4.78, 5) is -0.0368. The lowest BCUT2D eigenvalue weighted by molar-refractivity contribution is 0.567. The predicted molar refractivity (Wildman–Crippen MR) is 68.2 cm³/mol. The van der Waals surface area contributed by atoms with Crippen LogP contribution in [0.3, 0.4) is 0 Å². The quantitative estimate of drug-likeness (QED) is 0.769. The van der Waals surface area contributed by atoms with Crippen molar-refractivity contribution in [3.63, 3.8) is 0 Å². The minimum atomic E-state index is -3.66. The third-order valence-corrected chi connectivity index (χ3v) is 4.12. The maximum absolute atomic E-state index is 12.0. The third-order valence-electron chi connectivity index (χ3n) is 2.55. The van der Waals surface area contributed by atoms with Crippen LogP contribution in [-0.4, -0.2) is 18.6 Å². The molecule has 2 aromatic rings. The Morgan fingerprint density at radius 1 is 1.33 bits per heavy atom. The van der Waals surface area contributed by atoms with Crippen molar-refractivity contribution >= 4 is 15.8 Å². The van der Waals surface area contributed by atoms with Crippen LogP contribution in [0, 0.1) is 0 Å². The molecule has 2 rings (SSSR count). The fourth-order valence-electron chi connectivity index (χ4n) is 1.61. The average Bonchev–Trinajstić information content (AvgIpc) is 2.77. The van der Waals surface area contributed by atoms with Crippen LogP contribution >= 0.6 is 0 Å². The van der Waals surface area contributed by atoms with Gasteiger partial charge >= 0.3 is 0 Å². The number of nitrogen functional groups attached to an aromatic ring is 1. The van der Waals surface area contributed by atoms with Gasteiger partial charge in [0.05, 0.1) is 6.20 Å². The van der Waals surface area contributed by atoms with Crippen molar-refractivity contribution in [2.24, 2.45) is 0 Å². The van der Waals surface area contributed by atoms with Crippen molar-refractivity contribution in [2.75, 3.05) is 5.73 Å². The Bertz CT molecular complexity index is 622. The van der Waals surface area contributed by atoms with Gasteiger partial charge in [-0.1, -0.05) is 30.3 Å². The smallest absolute Gasteiger partial charge is 0.246 e. The van der Waals surface area contributed by atoms with Crippen molar-refractivity contribution in [3.05, 3.63) is 42.1 Å². The zero-order chi connectivity index (χ0) is 13.2. The van der Waals surface area contributed by atoms with Gasteiger partial charge in [-0.25, -0.2) is 13.1 Å². The number of aromatic nitrogens is 2. The van der Waals surface area contributed by atoms with E-state index in [1.165, 1.54) is 6.20 Å². The zero-order valence-electron chi connectivity index (χ0n) is 9.79. The van der Waals surface area contributed by atoms with E-state index in [0.29, 0.717) is 0 Å². The van der Waals surface area contributed by atoms with E-state index in [0.717, 1.165) is 5.56 Å². The number of anilines is 1. The van der Waals surface area contributed by atoms with Gasteiger partial charge in [-0.3, -0.25) is 5.10 Å². The van der Waals surface area contributed by atoms with Gasteiger partial charge in [-0.15, -0.1) is 0 Å². The molecule has 0 aliphatic rings. The standard InChI is InChI=1S/C11H14N4O2S/c1-8(9-5-3-2-4-6-9)15-18(16,17)10-7-13-14-11(10)12/h2-8,15H,1H3,(H3,12,13,14)/t8-/m1/s1. The number of benzene rings is 1. The molecule has 1 aromatic heterocycles. The molecule has 4 N–H and O–H groups in total. The van der Waals surface area contributed by atoms with Crippen LogP contribution in [0.2, 0.25) is 0 Å². The maximum Gasteiger partial charge on any atom is 0.246 e. The molecule has 6 nitrogen and oxygen atoms in total. The molecule has 18 heavy (non-hydrogen) atoms. The Labute approximate surface area is 105 Å². The minimum absolute atomic E-state index is 0.0303. The van der Waals surface area contributed by atoms with Gasteiger partial charge < -0.3 is 5.73 Å². The molecule has 0 bridgehead atoms. The lowest BCUT2D eigenvalue weighted by atomic mass is 10.1. The molecular weight excluding hydrogens is 252 g/mol. The normalized spacial score (nSPS) is 13.4. The molecule has 0 radical (unpaired) electrons. The predicted octanol–water partition coefficient (Wildman–Crippen LogP) is 1.03. The van der Waals surface area contributed by atoms with E-state index in [4.69, 9.17) is 5.73 Å². The van der Waals surface area contributed by atoms with Gasteiger partial charge in [0.15, 0.2) is 0 Å². The summed E-state index contributed by atoms with van der Waals surface area (Å²) < 4.78 is 26.6. The van der Waals surface area contributed by atoms with Gasteiger partial charge in [0.1, 0.15) is 10.7 Å². The van der Waals surface area contributed by atoms with E-state index in [9.17, 15) is 8.42 Å². The van der Waals surface area contributed by atoms with Crippen LogP contribution in [0.4, 0.5) is 5.82 Å². The molecule has 0 spiro atoms. The summed E-state index contributed by atoms with van der Waals surface area (Å²) in [6.07, 6.45) is 1.19. The average molecular weight is 266 g/mol. The SMILES string of the molecule is C[C@@H](NS(=O)(=O)c1cn[nH]c1N)c1ccccc1. The van der Waals surface area contributed by atoms with E-state index < -0.39 is 10.0 Å². The maximum atomic E-state index is 12.0. The van der Waals surface area contributed by atoms with Crippen LogP contribution in [0.25, 0.3) is 0 Å². The van der Waals surface area contributed by atoms with Crippen molar-refractivity contribution in [1.29, 1.82) is 0 Å². The number of rotatable bonds is 4. The third kappa shape index (κ3) is 2.52. The molecule has 0 amide bonds. The van der Waals surface area contributed by atoms with Gasteiger partial charge in [-0.05, 0) is 12.5 Å². The van der Waals surface area contributed by atoms with Crippen LogP contribution in [0.5, 0.6) is 0 Å². The fraction of sp³-hybridized carbons (Fsp3) is 0.182. The number of nitrogens with two attached hydrogens (primary N) is 1. The van der Waals surface area contributed by atoms with Crippen molar-refractivity contribution in [3.8, 4) is 0 Å². The first kappa shape index (κ1) is 12.6.